The number of carbonyl (C=O) groups is 2. The van der Waals surface area contributed by atoms with Crippen LogP contribution in [0.15, 0.2) is 24.3 Å². The number of amides is 2. The molecular weight excluding hydrogens is 779 g/mol. The van der Waals surface area contributed by atoms with E-state index in [2.05, 4.69) is 26.0 Å². The van der Waals surface area contributed by atoms with E-state index in [1.165, 1.54) is 12.1 Å². The molecule has 2 amide bonds. The number of anilines is 2. The molecule has 3 saturated heterocycles. The van der Waals surface area contributed by atoms with Crippen molar-refractivity contribution in [2.24, 2.45) is 0 Å². The topological polar surface area (TPSA) is 138 Å². The molecule has 0 saturated carbocycles. The predicted molar refractivity (Wildman–Crippen MR) is 224 cm³/mol. The Morgan fingerprint density at radius 2 is 1.85 bits per heavy atom. The lowest BCUT2D eigenvalue weighted by atomic mass is 9.94. The van der Waals surface area contributed by atoms with Gasteiger partial charge in [-0.1, -0.05) is 12.1 Å². The van der Waals surface area contributed by atoms with Gasteiger partial charge in [0.05, 0.1) is 40.0 Å². The maximum absolute atomic E-state index is 15.6. The monoisotopic (exact) mass is 828 g/mol. The molecule has 4 aromatic rings. The molecule has 0 spiro atoms. The predicted octanol–water partition coefficient (Wildman–Crippen LogP) is 9.60. The summed E-state index contributed by atoms with van der Waals surface area (Å²) >= 11 is 0.909. The molecule has 7 rings (SSSR count). The van der Waals surface area contributed by atoms with Crippen LogP contribution in [-0.4, -0.2) is 99.7 Å². The number of nitrogens with one attached hydrogen (secondary N) is 1. The average molecular weight is 829 g/mol. The van der Waals surface area contributed by atoms with E-state index in [0.29, 0.717) is 54.8 Å². The van der Waals surface area contributed by atoms with Gasteiger partial charge in [-0.15, -0.1) is 11.3 Å². The highest BCUT2D eigenvalue weighted by molar-refractivity contribution is 7.24. The lowest BCUT2D eigenvalue weighted by molar-refractivity contribution is 0.0232. The number of nitriles is 1. The molecule has 2 aromatic carbocycles. The first kappa shape index (κ1) is 41.8. The molecule has 2 aromatic heterocycles. The largest absolute Gasteiger partial charge is 0.461 e. The molecule has 0 radical (unpaired) electrons. The fourth-order valence-electron chi connectivity index (χ4n) is 8.86. The third kappa shape index (κ3) is 8.05. The van der Waals surface area contributed by atoms with E-state index in [9.17, 15) is 19.2 Å². The summed E-state index contributed by atoms with van der Waals surface area (Å²) in [5.41, 5.74) is -0.760. The zero-order valence-corrected chi connectivity index (χ0v) is 35.6. The van der Waals surface area contributed by atoms with Crippen LogP contribution in [0, 0.1) is 23.7 Å². The molecule has 4 atom stereocenters. The summed E-state index contributed by atoms with van der Waals surface area (Å²) in [5.74, 6) is -0.0950. The van der Waals surface area contributed by atoms with Crippen LogP contribution in [0.25, 0.3) is 37.0 Å². The van der Waals surface area contributed by atoms with Gasteiger partial charge >= 0.3 is 18.2 Å². The van der Waals surface area contributed by atoms with Gasteiger partial charge in [0.25, 0.3) is 0 Å². The number of aromatic nitrogens is 2. The van der Waals surface area contributed by atoms with Crippen molar-refractivity contribution in [1.82, 2.24) is 19.8 Å². The minimum atomic E-state index is -0.961. The Balaban J connectivity index is 1.36. The van der Waals surface area contributed by atoms with E-state index < -0.39 is 40.9 Å². The van der Waals surface area contributed by atoms with Crippen LogP contribution in [0.5, 0.6) is 6.01 Å². The summed E-state index contributed by atoms with van der Waals surface area (Å²) in [6, 6.07) is 8.24. The molecule has 59 heavy (non-hydrogen) atoms. The maximum atomic E-state index is 15.6. The van der Waals surface area contributed by atoms with Gasteiger partial charge in [-0.05, 0) is 98.9 Å². The normalized spacial score (nSPS) is 22.0. The van der Waals surface area contributed by atoms with Crippen molar-refractivity contribution in [3.8, 4) is 23.2 Å². The van der Waals surface area contributed by atoms with Gasteiger partial charge in [0, 0.05) is 42.4 Å². The number of ether oxygens (including phenoxy) is 3. The van der Waals surface area contributed by atoms with Crippen LogP contribution in [0.1, 0.15) is 86.6 Å². The number of hydrogen-bond acceptors (Lipinski definition) is 11. The summed E-state index contributed by atoms with van der Waals surface area (Å²) in [5, 5.41) is 14.5. The Hall–Kier alpha value is -5.32. The van der Waals surface area contributed by atoms with Crippen molar-refractivity contribution >= 4 is 61.0 Å². The number of likely N-dealkylation sites (tertiary alicyclic amines) is 1. The van der Waals surface area contributed by atoms with E-state index >= 15 is 4.39 Å². The summed E-state index contributed by atoms with van der Waals surface area (Å²) in [4.78, 5) is 45.6. The van der Waals surface area contributed by atoms with E-state index in [1.807, 2.05) is 34.6 Å². The number of alkyl halides is 1. The Morgan fingerprint density at radius 1 is 1.12 bits per heavy atom. The number of carbonyl (C=O) groups excluding carboxylic acids is 2. The van der Waals surface area contributed by atoms with Crippen LogP contribution in [0.3, 0.4) is 0 Å². The van der Waals surface area contributed by atoms with Crippen LogP contribution in [-0.2, 0) is 9.47 Å². The molecule has 0 unspecified atom stereocenters. The lowest BCUT2D eigenvalue weighted by Gasteiger charge is -2.35. The fraction of sp³-hybridized carbons (Fsp3) is 0.535. The average Bonchev–Trinajstić information content (AvgIpc) is 3.90. The molecule has 5 heterocycles. The number of rotatable bonds is 8. The number of hydrogen-bond donors (Lipinski definition) is 1. The van der Waals surface area contributed by atoms with E-state index in [1.54, 1.807) is 37.8 Å². The number of thiophene rings is 1. The van der Waals surface area contributed by atoms with Gasteiger partial charge in [0.1, 0.15) is 46.7 Å². The van der Waals surface area contributed by atoms with Crippen LogP contribution in [0.2, 0.25) is 0 Å². The van der Waals surface area contributed by atoms with E-state index in [-0.39, 0.29) is 56.6 Å². The number of nitrogens with zero attached hydrogens (tertiary/aromatic N) is 7. The Kier molecular flexibility index (Phi) is 11.1. The second-order valence-corrected chi connectivity index (χ2v) is 18.6. The first-order chi connectivity index (χ1) is 27.9. The van der Waals surface area contributed by atoms with Gasteiger partial charge in [-0.2, -0.15) is 15.2 Å². The quantitative estimate of drug-likeness (QED) is 0.171. The van der Waals surface area contributed by atoms with E-state index in [0.717, 1.165) is 30.7 Å². The summed E-state index contributed by atoms with van der Waals surface area (Å²) < 4.78 is 48.1. The summed E-state index contributed by atoms with van der Waals surface area (Å²) in [6.45, 7) is 25.0. The highest BCUT2D eigenvalue weighted by Gasteiger charge is 2.49. The SMILES string of the molecule is [C-]#[N+]c1c(NC(=O)OC(C)(C)C)sc2c(F)ccc(-c3ccc4c(N(CC)[C@@H]5CCN(C(=O)OC(C)(C)C)[C@@H]5C)nc(OC[C@@]56CCCN5C[C@H](F)C6)nc4c3C#N)c12. The first-order valence-electron chi connectivity index (χ1n) is 20.0. The molecule has 3 aliphatic rings. The minimum absolute atomic E-state index is 0.00627. The Bertz CT molecular complexity index is 2400. The molecule has 1 N–H and O–H groups in total. The van der Waals surface area contributed by atoms with E-state index in [4.69, 9.17) is 30.8 Å². The van der Waals surface area contributed by atoms with Crippen LogP contribution < -0.4 is 15.0 Å². The molecular formula is C43H50F2N8O5S. The molecule has 3 aliphatic heterocycles. The number of likely N-dealkylation sites (N-methyl/N-ethyl adjacent to an activating group) is 1. The number of fused-ring (bicyclic) bond motifs is 3. The fourth-order valence-corrected chi connectivity index (χ4v) is 9.91. The molecule has 13 nitrogen and oxygen atoms in total. The Morgan fingerprint density at radius 3 is 2.53 bits per heavy atom. The zero-order valence-electron chi connectivity index (χ0n) is 34.7. The molecule has 312 valence electrons. The smallest absolute Gasteiger partial charge is 0.411 e. The third-order valence-electron chi connectivity index (χ3n) is 11.3. The second-order valence-electron chi connectivity index (χ2n) is 17.6. The maximum Gasteiger partial charge on any atom is 0.411 e. The van der Waals surface area contributed by atoms with Gasteiger partial charge < -0.3 is 24.0 Å². The molecule has 0 bridgehead atoms. The van der Waals surface area contributed by atoms with Crippen molar-refractivity contribution in [1.29, 1.82) is 5.26 Å². The van der Waals surface area contributed by atoms with Crippen molar-refractivity contribution in [2.75, 3.05) is 43.0 Å². The first-order valence-corrected chi connectivity index (χ1v) is 20.8. The molecule has 3 fully saturated rings. The standard InChI is InChI=1S/C43H50F2N8O5S/c1-10-52(31-16-19-53(24(31)2)40(55)58-42(6,7)8)36-28-13-12-26(27-14-15-30(45)35-32(27)34(47-9)37(59-35)50-39(54)57-41(3,4)5)29(21-46)33(28)48-38(49-36)56-23-43-17-11-18-51(43)22-25(44)20-43/h12-15,24-25,31H,10-11,16-20,22-23H2,1-8H3,(H,50,54)/t24-,25-,31-,43+/m1/s1. The van der Waals surface area contributed by atoms with Gasteiger partial charge in [-0.25, -0.2) is 23.2 Å². The summed E-state index contributed by atoms with van der Waals surface area (Å²) in [7, 11) is 0. The van der Waals surface area contributed by atoms with Gasteiger partial charge in [0.2, 0.25) is 5.69 Å². The highest BCUT2D eigenvalue weighted by Crippen LogP contribution is 2.49. The van der Waals surface area contributed by atoms with Gasteiger partial charge in [-0.3, -0.25) is 10.2 Å². The van der Waals surface area contributed by atoms with Crippen molar-refractivity contribution < 1.29 is 32.6 Å². The Labute approximate surface area is 347 Å². The molecule has 16 heteroatoms. The van der Waals surface area contributed by atoms with Crippen molar-refractivity contribution in [3.63, 3.8) is 0 Å². The van der Waals surface area contributed by atoms with Crippen LogP contribution >= 0.6 is 11.3 Å². The second kappa shape index (κ2) is 15.7. The summed E-state index contributed by atoms with van der Waals surface area (Å²) in [6.07, 6.45) is 0.520. The van der Waals surface area contributed by atoms with Crippen molar-refractivity contribution in [2.45, 2.75) is 116 Å². The van der Waals surface area contributed by atoms with Crippen molar-refractivity contribution in [3.05, 3.63) is 47.1 Å². The van der Waals surface area contributed by atoms with Crippen LogP contribution in [0.4, 0.5) is 34.9 Å². The van der Waals surface area contributed by atoms with Gasteiger partial charge in [0.15, 0.2) is 0 Å². The number of benzene rings is 2. The molecule has 0 aliphatic carbocycles. The number of halogens is 2. The zero-order chi connectivity index (χ0) is 42.6. The minimum Gasteiger partial charge on any atom is -0.461 e. The third-order valence-corrected chi connectivity index (χ3v) is 12.4. The highest BCUT2D eigenvalue weighted by atomic mass is 32.1. The lowest BCUT2D eigenvalue weighted by Crippen LogP contribution is -2.47.